The normalized spacial score (nSPS) is 19.7. The van der Waals surface area contributed by atoms with E-state index in [1.165, 1.54) is 5.56 Å². The van der Waals surface area contributed by atoms with Gasteiger partial charge >= 0.3 is 0 Å². The average molecular weight is 232 g/mol. The monoisotopic (exact) mass is 232 g/mol. The zero-order chi connectivity index (χ0) is 12.1. The third-order valence-corrected chi connectivity index (χ3v) is 3.06. The molecule has 0 spiro atoms. The lowest BCUT2D eigenvalue weighted by Gasteiger charge is -2.16. The molecular formula is C12H17BN2O2. The Labute approximate surface area is 102 Å². The van der Waals surface area contributed by atoms with E-state index in [1.54, 1.807) is 0 Å². The summed E-state index contributed by atoms with van der Waals surface area (Å²) in [6, 6.07) is 10.0. The molecule has 2 N–H and O–H groups in total. The minimum Gasteiger partial charge on any atom is -0.427 e. The molecule has 1 aliphatic heterocycles. The Balaban J connectivity index is 1.89. The van der Waals surface area contributed by atoms with Crippen LogP contribution in [0.2, 0.25) is 5.82 Å². The maximum Gasteiger partial charge on any atom is 0.289 e. The molecule has 0 unspecified atom stereocenters. The molecule has 0 aliphatic carbocycles. The summed E-state index contributed by atoms with van der Waals surface area (Å²) in [6.07, 6.45) is 0.867. The van der Waals surface area contributed by atoms with Crippen LogP contribution in [0.3, 0.4) is 0 Å². The molecule has 1 heterocycles. The summed E-state index contributed by atoms with van der Waals surface area (Å²) in [7, 11) is 0.445. The number of carbonyl (C=O) groups excluding carboxylic acids is 1. The summed E-state index contributed by atoms with van der Waals surface area (Å²) in [6.45, 7) is 1.69. The number of amides is 1. The third kappa shape index (κ3) is 3.08. The van der Waals surface area contributed by atoms with E-state index in [9.17, 15) is 4.79 Å². The SMILES string of the molecule is NCOB[C@H]1CCN(Cc2ccccc2)C1=O. The van der Waals surface area contributed by atoms with Crippen LogP contribution in [0.15, 0.2) is 30.3 Å². The number of hydrogen-bond donors (Lipinski definition) is 1. The molecule has 1 aliphatic rings. The van der Waals surface area contributed by atoms with E-state index in [-0.39, 0.29) is 18.5 Å². The summed E-state index contributed by atoms with van der Waals surface area (Å²) in [5, 5.41) is 0. The van der Waals surface area contributed by atoms with Gasteiger partial charge in [0, 0.05) is 18.9 Å². The first-order chi connectivity index (χ1) is 8.31. The first-order valence-corrected chi connectivity index (χ1v) is 5.92. The van der Waals surface area contributed by atoms with Crippen molar-refractivity contribution in [3.05, 3.63) is 35.9 Å². The summed E-state index contributed by atoms with van der Waals surface area (Å²) < 4.78 is 5.12. The highest BCUT2D eigenvalue weighted by molar-refractivity contribution is 6.37. The second-order valence-corrected chi connectivity index (χ2v) is 4.27. The van der Waals surface area contributed by atoms with E-state index in [0.29, 0.717) is 14.0 Å². The van der Waals surface area contributed by atoms with Crippen LogP contribution in [-0.4, -0.2) is 31.6 Å². The van der Waals surface area contributed by atoms with Gasteiger partial charge in [0.05, 0.1) is 6.73 Å². The highest BCUT2D eigenvalue weighted by atomic mass is 16.4. The van der Waals surface area contributed by atoms with Gasteiger partial charge in [-0.3, -0.25) is 4.79 Å². The molecule has 0 radical (unpaired) electrons. The van der Waals surface area contributed by atoms with Gasteiger partial charge in [-0.15, -0.1) is 0 Å². The fourth-order valence-electron chi connectivity index (χ4n) is 2.13. The molecular weight excluding hydrogens is 215 g/mol. The molecule has 90 valence electrons. The lowest BCUT2D eigenvalue weighted by atomic mass is 9.79. The minimum absolute atomic E-state index is 0.0118. The van der Waals surface area contributed by atoms with Gasteiger partial charge < -0.3 is 15.3 Å². The predicted octanol–water partition coefficient (Wildman–Crippen LogP) is 0.492. The maximum atomic E-state index is 12.0. The molecule has 17 heavy (non-hydrogen) atoms. The fourth-order valence-corrected chi connectivity index (χ4v) is 2.13. The number of nitrogens with zero attached hydrogens (tertiary/aromatic N) is 1. The van der Waals surface area contributed by atoms with Crippen molar-refractivity contribution in [2.75, 3.05) is 13.3 Å². The molecule has 1 fully saturated rings. The molecule has 4 nitrogen and oxygen atoms in total. The van der Waals surface area contributed by atoms with Gasteiger partial charge in [0.25, 0.3) is 7.48 Å². The van der Waals surface area contributed by atoms with Crippen LogP contribution in [-0.2, 0) is 16.0 Å². The smallest absolute Gasteiger partial charge is 0.289 e. The van der Waals surface area contributed by atoms with Gasteiger partial charge in [-0.2, -0.15) is 0 Å². The molecule has 1 amide bonds. The molecule has 0 aromatic heterocycles. The number of hydrogen-bond acceptors (Lipinski definition) is 3. The van der Waals surface area contributed by atoms with Gasteiger partial charge in [-0.1, -0.05) is 30.3 Å². The Hall–Kier alpha value is -1.33. The average Bonchev–Trinajstić information content (AvgIpc) is 2.70. The maximum absolute atomic E-state index is 12.0. The molecule has 5 heteroatoms. The van der Waals surface area contributed by atoms with Crippen LogP contribution in [0, 0.1) is 0 Å². The van der Waals surface area contributed by atoms with Crippen LogP contribution < -0.4 is 5.73 Å². The Morgan fingerprint density at radius 1 is 1.41 bits per heavy atom. The number of nitrogens with two attached hydrogens (primary N) is 1. The van der Waals surface area contributed by atoms with Crippen molar-refractivity contribution in [3.63, 3.8) is 0 Å². The van der Waals surface area contributed by atoms with Crippen molar-refractivity contribution in [2.45, 2.75) is 18.8 Å². The standard InChI is InChI=1S/C12H17BN2O2/c14-9-17-13-11-6-7-15(12(11)16)8-10-4-2-1-3-5-10/h1-5,11,13H,6-9,14H2/t11-/m0/s1. The molecule has 0 saturated carbocycles. The van der Waals surface area contributed by atoms with Gasteiger partial charge in [-0.25, -0.2) is 0 Å². The first-order valence-electron chi connectivity index (χ1n) is 5.92. The van der Waals surface area contributed by atoms with E-state index in [0.717, 1.165) is 13.0 Å². The number of likely N-dealkylation sites (tertiary alicyclic amines) is 1. The van der Waals surface area contributed by atoms with Crippen molar-refractivity contribution in [1.82, 2.24) is 4.90 Å². The number of benzene rings is 1. The Bertz CT molecular complexity index is 372. The van der Waals surface area contributed by atoms with E-state index in [1.807, 2.05) is 35.2 Å². The molecule has 1 saturated heterocycles. The number of carbonyl (C=O) groups is 1. The second-order valence-electron chi connectivity index (χ2n) is 4.27. The summed E-state index contributed by atoms with van der Waals surface area (Å²) in [5.41, 5.74) is 6.43. The van der Waals surface area contributed by atoms with Crippen molar-refractivity contribution in [3.8, 4) is 0 Å². The van der Waals surface area contributed by atoms with Crippen molar-refractivity contribution >= 4 is 13.4 Å². The highest BCUT2D eigenvalue weighted by Gasteiger charge is 2.32. The highest BCUT2D eigenvalue weighted by Crippen LogP contribution is 2.24. The lowest BCUT2D eigenvalue weighted by molar-refractivity contribution is -0.128. The van der Waals surface area contributed by atoms with Crippen molar-refractivity contribution in [1.29, 1.82) is 0 Å². The first kappa shape index (κ1) is 12.1. The van der Waals surface area contributed by atoms with Gasteiger partial charge in [-0.05, 0) is 12.0 Å². The third-order valence-electron chi connectivity index (χ3n) is 3.06. The van der Waals surface area contributed by atoms with E-state index >= 15 is 0 Å². The van der Waals surface area contributed by atoms with Gasteiger partial charge in [0.15, 0.2) is 0 Å². The Morgan fingerprint density at radius 3 is 2.88 bits per heavy atom. The van der Waals surface area contributed by atoms with Gasteiger partial charge in [0.2, 0.25) is 5.91 Å². The van der Waals surface area contributed by atoms with Crippen LogP contribution in [0.25, 0.3) is 0 Å². The lowest BCUT2D eigenvalue weighted by Crippen LogP contribution is -2.27. The van der Waals surface area contributed by atoms with E-state index in [2.05, 4.69) is 0 Å². The van der Waals surface area contributed by atoms with Crippen LogP contribution in [0.4, 0.5) is 0 Å². The Kier molecular flexibility index (Phi) is 4.17. The van der Waals surface area contributed by atoms with E-state index < -0.39 is 0 Å². The van der Waals surface area contributed by atoms with Crippen LogP contribution in [0.1, 0.15) is 12.0 Å². The van der Waals surface area contributed by atoms with Crippen molar-refractivity contribution < 1.29 is 9.45 Å². The Morgan fingerprint density at radius 2 is 2.18 bits per heavy atom. The minimum atomic E-state index is -0.0118. The van der Waals surface area contributed by atoms with Crippen molar-refractivity contribution in [2.24, 2.45) is 5.73 Å². The zero-order valence-corrected chi connectivity index (χ0v) is 9.84. The topological polar surface area (TPSA) is 55.6 Å². The van der Waals surface area contributed by atoms with Crippen LogP contribution in [0.5, 0.6) is 0 Å². The molecule has 1 aromatic rings. The zero-order valence-electron chi connectivity index (χ0n) is 9.84. The summed E-state index contributed by atoms with van der Waals surface area (Å²) >= 11 is 0. The molecule has 1 atom stereocenters. The largest absolute Gasteiger partial charge is 0.427 e. The summed E-state index contributed by atoms with van der Waals surface area (Å²) in [5.74, 6) is 0.171. The fraction of sp³-hybridized carbons (Fsp3) is 0.417. The molecule has 0 bridgehead atoms. The molecule has 2 rings (SSSR count). The quantitative estimate of drug-likeness (QED) is 0.593. The van der Waals surface area contributed by atoms with Gasteiger partial charge in [0.1, 0.15) is 0 Å². The number of rotatable bonds is 5. The predicted molar refractivity (Wildman–Crippen MR) is 67.5 cm³/mol. The second kappa shape index (κ2) is 5.84. The van der Waals surface area contributed by atoms with Crippen LogP contribution >= 0.6 is 0 Å². The molecule has 1 aromatic carbocycles. The summed E-state index contributed by atoms with van der Waals surface area (Å²) in [4.78, 5) is 13.9. The van der Waals surface area contributed by atoms with E-state index in [4.69, 9.17) is 10.4 Å².